The Morgan fingerprint density at radius 2 is 2.00 bits per heavy atom. The molecule has 1 heterocycles. The maximum absolute atomic E-state index is 13.2. The predicted molar refractivity (Wildman–Crippen MR) is 123 cm³/mol. The summed E-state index contributed by atoms with van der Waals surface area (Å²) >= 11 is 0. The van der Waals surface area contributed by atoms with Crippen molar-refractivity contribution >= 4 is 16.9 Å². The molecule has 1 aliphatic carbocycles. The number of carboxylic acid groups (broad SMARTS) is 1. The Morgan fingerprint density at radius 1 is 1.23 bits per heavy atom. The van der Waals surface area contributed by atoms with Gasteiger partial charge in [-0.2, -0.15) is 13.2 Å². The van der Waals surface area contributed by atoms with Gasteiger partial charge in [-0.05, 0) is 60.6 Å². The number of fused-ring (bicyclic) bond motifs is 2. The van der Waals surface area contributed by atoms with E-state index >= 15 is 0 Å². The fourth-order valence-electron chi connectivity index (χ4n) is 4.71. The molecule has 1 aromatic heterocycles. The van der Waals surface area contributed by atoms with E-state index in [2.05, 4.69) is 5.16 Å². The molecule has 2 atom stereocenters. The van der Waals surface area contributed by atoms with Crippen LogP contribution in [0.2, 0.25) is 0 Å². The van der Waals surface area contributed by atoms with Crippen molar-refractivity contribution in [2.24, 2.45) is 5.92 Å². The van der Waals surface area contributed by atoms with Crippen molar-refractivity contribution in [2.45, 2.75) is 58.0 Å². The Bertz CT molecular complexity index is 1200. The SMILES string of the molecule is CCCc1c(OCCCOc2ccc3c(c2)CC[C@H]3[C@H](C)C(=O)O)ccc2c(C(F)(F)F)noc12. The monoisotopic (exact) mass is 491 g/mol. The van der Waals surface area contributed by atoms with E-state index in [1.807, 2.05) is 25.1 Å². The van der Waals surface area contributed by atoms with Crippen molar-refractivity contribution in [1.29, 1.82) is 0 Å². The van der Waals surface area contributed by atoms with E-state index in [4.69, 9.17) is 14.0 Å². The average Bonchev–Trinajstić information content (AvgIpc) is 3.43. The van der Waals surface area contributed by atoms with Gasteiger partial charge in [-0.1, -0.05) is 31.5 Å². The summed E-state index contributed by atoms with van der Waals surface area (Å²) in [6.45, 7) is 4.40. The number of carbonyl (C=O) groups is 1. The lowest BCUT2D eigenvalue weighted by atomic mass is 9.89. The Kier molecular flexibility index (Phi) is 7.23. The second kappa shape index (κ2) is 10.2. The first-order valence-corrected chi connectivity index (χ1v) is 11.8. The van der Waals surface area contributed by atoms with Crippen LogP contribution in [-0.4, -0.2) is 29.4 Å². The molecule has 0 fully saturated rings. The van der Waals surface area contributed by atoms with Crippen LogP contribution >= 0.6 is 0 Å². The van der Waals surface area contributed by atoms with Crippen molar-refractivity contribution in [3.63, 3.8) is 0 Å². The summed E-state index contributed by atoms with van der Waals surface area (Å²) in [4.78, 5) is 11.3. The van der Waals surface area contributed by atoms with E-state index in [9.17, 15) is 23.1 Å². The van der Waals surface area contributed by atoms with Crippen LogP contribution in [0.15, 0.2) is 34.9 Å². The summed E-state index contributed by atoms with van der Waals surface area (Å²) in [5, 5.41) is 12.5. The highest BCUT2D eigenvalue weighted by molar-refractivity contribution is 5.85. The third kappa shape index (κ3) is 5.23. The van der Waals surface area contributed by atoms with Crippen molar-refractivity contribution in [2.75, 3.05) is 13.2 Å². The molecule has 0 aliphatic heterocycles. The third-order valence-electron chi connectivity index (χ3n) is 6.52. The van der Waals surface area contributed by atoms with Gasteiger partial charge in [-0.25, -0.2) is 0 Å². The lowest BCUT2D eigenvalue weighted by molar-refractivity contribution is -0.142. The number of ether oxygens (including phenoxy) is 2. The van der Waals surface area contributed by atoms with Gasteiger partial charge in [0.05, 0.1) is 24.5 Å². The molecule has 0 amide bonds. The highest BCUT2D eigenvalue weighted by atomic mass is 19.4. The van der Waals surface area contributed by atoms with Crippen LogP contribution in [-0.2, 0) is 23.8 Å². The fourth-order valence-corrected chi connectivity index (χ4v) is 4.71. The third-order valence-corrected chi connectivity index (χ3v) is 6.52. The first-order chi connectivity index (χ1) is 16.7. The molecule has 1 aliphatic rings. The zero-order valence-electron chi connectivity index (χ0n) is 19.7. The molecule has 0 unspecified atom stereocenters. The fraction of sp³-hybridized carbons (Fsp3) is 0.462. The molecule has 1 N–H and O–H groups in total. The molecule has 188 valence electrons. The van der Waals surface area contributed by atoms with Gasteiger partial charge in [0.15, 0.2) is 11.3 Å². The minimum Gasteiger partial charge on any atom is -0.493 e. The van der Waals surface area contributed by atoms with E-state index in [1.165, 1.54) is 12.1 Å². The molecule has 0 radical (unpaired) electrons. The van der Waals surface area contributed by atoms with Crippen LogP contribution in [0.1, 0.15) is 61.4 Å². The molecule has 2 aromatic carbocycles. The highest BCUT2D eigenvalue weighted by Gasteiger charge is 2.37. The van der Waals surface area contributed by atoms with Crippen molar-refractivity contribution in [1.82, 2.24) is 5.16 Å². The highest BCUT2D eigenvalue weighted by Crippen LogP contribution is 2.40. The number of alkyl halides is 3. The number of hydrogen-bond donors (Lipinski definition) is 1. The van der Waals surface area contributed by atoms with E-state index < -0.39 is 23.8 Å². The van der Waals surface area contributed by atoms with Crippen molar-refractivity contribution in [3.8, 4) is 11.5 Å². The van der Waals surface area contributed by atoms with Gasteiger partial charge in [0.25, 0.3) is 0 Å². The maximum atomic E-state index is 13.2. The van der Waals surface area contributed by atoms with Crippen LogP contribution in [0.3, 0.4) is 0 Å². The lowest BCUT2D eigenvalue weighted by Gasteiger charge is -2.16. The van der Waals surface area contributed by atoms with Crippen LogP contribution in [0.25, 0.3) is 11.0 Å². The molecule has 3 aromatic rings. The first kappa shape index (κ1) is 24.9. The van der Waals surface area contributed by atoms with Gasteiger partial charge in [0, 0.05) is 12.0 Å². The number of carboxylic acids is 1. The number of nitrogens with zero attached hydrogens (tertiary/aromatic N) is 1. The number of hydrogen-bond acceptors (Lipinski definition) is 5. The Morgan fingerprint density at radius 3 is 2.71 bits per heavy atom. The standard InChI is InChI=1S/C26H28F3NO5/c1-3-5-20-22(11-10-21-23(20)35-30-24(21)26(27,28)29)34-13-4-12-33-17-7-9-19-16(14-17)6-8-18(19)15(2)25(31)32/h7,9-11,14-15,18H,3-6,8,12-13H2,1-2H3,(H,31,32)/t15-,18-/m0/s1. The summed E-state index contributed by atoms with van der Waals surface area (Å²) in [5.74, 6) is 0.0286. The largest absolute Gasteiger partial charge is 0.493 e. The Balaban J connectivity index is 1.34. The number of aryl methyl sites for hydroxylation is 2. The van der Waals surface area contributed by atoms with E-state index in [0.29, 0.717) is 43.8 Å². The number of halogens is 3. The van der Waals surface area contributed by atoms with Gasteiger partial charge >= 0.3 is 12.1 Å². The predicted octanol–water partition coefficient (Wildman–Crippen LogP) is 6.40. The van der Waals surface area contributed by atoms with Crippen LogP contribution < -0.4 is 9.47 Å². The number of aliphatic carboxylic acids is 1. The average molecular weight is 492 g/mol. The van der Waals surface area contributed by atoms with Crippen LogP contribution in [0.4, 0.5) is 13.2 Å². The Labute approximate surface area is 201 Å². The Hall–Kier alpha value is -3.23. The number of rotatable bonds is 10. The summed E-state index contributed by atoms with van der Waals surface area (Å²) in [6.07, 6.45) is -1.14. The smallest absolute Gasteiger partial charge is 0.437 e. The second-order valence-electron chi connectivity index (χ2n) is 8.88. The minimum atomic E-state index is -4.58. The van der Waals surface area contributed by atoms with Gasteiger partial charge in [-0.3, -0.25) is 4.79 Å². The minimum absolute atomic E-state index is 0.0242. The summed E-state index contributed by atoms with van der Waals surface area (Å²) in [5.41, 5.74) is 1.87. The molecule has 35 heavy (non-hydrogen) atoms. The summed E-state index contributed by atoms with van der Waals surface area (Å²) < 4.78 is 56.3. The first-order valence-electron chi connectivity index (χ1n) is 11.8. The van der Waals surface area contributed by atoms with Crippen molar-refractivity contribution in [3.05, 3.63) is 52.7 Å². The van der Waals surface area contributed by atoms with Gasteiger partial charge < -0.3 is 19.1 Å². The molecule has 0 bridgehead atoms. The molecule has 4 rings (SSSR count). The maximum Gasteiger partial charge on any atom is 0.437 e. The van der Waals surface area contributed by atoms with Gasteiger partial charge in [0.2, 0.25) is 0 Å². The van der Waals surface area contributed by atoms with Crippen LogP contribution in [0, 0.1) is 5.92 Å². The summed E-state index contributed by atoms with van der Waals surface area (Å²) in [7, 11) is 0. The molecular weight excluding hydrogens is 463 g/mol. The van der Waals surface area contributed by atoms with Gasteiger partial charge in [-0.15, -0.1) is 0 Å². The number of benzene rings is 2. The van der Waals surface area contributed by atoms with Crippen molar-refractivity contribution < 1.29 is 37.1 Å². The van der Waals surface area contributed by atoms with E-state index in [1.54, 1.807) is 6.92 Å². The molecule has 0 saturated heterocycles. The number of aromatic nitrogens is 1. The molecular formula is C26H28F3NO5. The second-order valence-corrected chi connectivity index (χ2v) is 8.88. The zero-order valence-corrected chi connectivity index (χ0v) is 19.7. The van der Waals surface area contributed by atoms with E-state index in [0.717, 1.165) is 29.7 Å². The topological polar surface area (TPSA) is 81.8 Å². The molecule has 0 saturated carbocycles. The summed E-state index contributed by atoms with van der Waals surface area (Å²) in [6, 6.07) is 8.66. The normalized spacial score (nSPS) is 16.3. The van der Waals surface area contributed by atoms with Crippen LogP contribution in [0.5, 0.6) is 11.5 Å². The molecule has 9 heteroatoms. The van der Waals surface area contributed by atoms with E-state index in [-0.39, 0.29) is 16.9 Å². The lowest BCUT2D eigenvalue weighted by Crippen LogP contribution is -2.17. The van der Waals surface area contributed by atoms with Gasteiger partial charge in [0.1, 0.15) is 11.5 Å². The quantitative estimate of drug-likeness (QED) is 0.331. The molecule has 6 nitrogen and oxygen atoms in total. The zero-order chi connectivity index (χ0) is 25.2. The molecule has 0 spiro atoms.